The van der Waals surface area contributed by atoms with E-state index in [0.717, 1.165) is 12.8 Å². The first-order valence-corrected chi connectivity index (χ1v) is 6.68. The molecule has 0 amide bonds. The van der Waals surface area contributed by atoms with Crippen LogP contribution in [0.15, 0.2) is 9.65 Å². The Bertz CT molecular complexity index is 382. The Morgan fingerprint density at radius 1 is 1.50 bits per heavy atom. The number of rotatable bonds is 4. The zero-order valence-corrected chi connectivity index (χ0v) is 11.0. The second kappa shape index (κ2) is 4.95. The number of aromatic nitrogens is 2. The second-order valence-corrected chi connectivity index (χ2v) is 6.22. The molecule has 0 aliphatic carbocycles. The van der Waals surface area contributed by atoms with Crippen LogP contribution in [0.4, 0.5) is 0 Å². The van der Waals surface area contributed by atoms with Crippen molar-refractivity contribution in [1.82, 2.24) is 5.16 Å². The van der Waals surface area contributed by atoms with E-state index in [4.69, 9.17) is 0 Å². The van der Waals surface area contributed by atoms with Crippen molar-refractivity contribution in [3.8, 4) is 0 Å². The third-order valence-electron chi connectivity index (χ3n) is 2.18. The maximum atomic E-state index is 11.9. The molecular weight excluding hydrogens is 228 g/mol. The maximum absolute atomic E-state index is 11.9. The minimum atomic E-state index is -1.33. The van der Waals surface area contributed by atoms with Gasteiger partial charge < -0.3 is 5.21 Å². The van der Waals surface area contributed by atoms with Gasteiger partial charge in [-0.1, -0.05) is 34.1 Å². The molecule has 0 spiro atoms. The molecule has 0 aromatic carbocycles. The van der Waals surface area contributed by atoms with E-state index >= 15 is 0 Å². The van der Waals surface area contributed by atoms with Crippen LogP contribution in [0, 0.1) is 5.21 Å². The van der Waals surface area contributed by atoms with E-state index in [9.17, 15) is 9.42 Å². The minimum Gasteiger partial charge on any atom is -0.358 e. The van der Waals surface area contributed by atoms with Gasteiger partial charge in [0.25, 0.3) is 5.03 Å². The largest absolute Gasteiger partial charge is 0.358 e. The van der Waals surface area contributed by atoms with Crippen LogP contribution in [-0.2, 0) is 16.2 Å². The van der Waals surface area contributed by atoms with Gasteiger partial charge in [-0.3, -0.25) is 8.84 Å². The summed E-state index contributed by atoms with van der Waals surface area (Å²) in [4.78, 5) is 0.270. The predicted octanol–water partition coefficient (Wildman–Crippen LogP) is 1.51. The van der Waals surface area contributed by atoms with E-state index in [0.29, 0.717) is 11.4 Å². The van der Waals surface area contributed by atoms with Crippen LogP contribution in [0.2, 0.25) is 0 Å². The van der Waals surface area contributed by atoms with Crippen LogP contribution < -0.4 is 4.90 Å². The number of unbranched alkanes of at least 4 members (excludes halogenated alkanes) is 1. The summed E-state index contributed by atoms with van der Waals surface area (Å²) in [5.74, 6) is 0.475. The standard InChI is InChI=1S/C10H18N2O3S/c1-5-6-7-16(14)9-8(10(2,3)4)11-15-12(9)13/h5-7H2,1-4H3. The van der Waals surface area contributed by atoms with Crippen molar-refractivity contribution in [2.75, 3.05) is 5.75 Å². The van der Waals surface area contributed by atoms with Crippen molar-refractivity contribution in [2.45, 2.75) is 51.0 Å². The fraction of sp³-hybridized carbons (Fsp3) is 0.800. The Morgan fingerprint density at radius 2 is 2.12 bits per heavy atom. The van der Waals surface area contributed by atoms with Gasteiger partial charge in [0, 0.05) is 16.3 Å². The average Bonchev–Trinajstić information content (AvgIpc) is 2.56. The van der Waals surface area contributed by atoms with Crippen LogP contribution in [0.5, 0.6) is 0 Å². The van der Waals surface area contributed by atoms with Crippen molar-refractivity contribution in [1.29, 1.82) is 0 Å². The quantitative estimate of drug-likeness (QED) is 0.755. The Hall–Kier alpha value is -0.910. The van der Waals surface area contributed by atoms with E-state index in [-0.39, 0.29) is 15.3 Å². The van der Waals surface area contributed by atoms with Gasteiger partial charge in [-0.15, -0.1) is 0 Å². The molecule has 1 unspecified atom stereocenters. The topological polar surface area (TPSA) is 70.0 Å². The molecule has 0 radical (unpaired) electrons. The highest BCUT2D eigenvalue weighted by molar-refractivity contribution is 7.84. The molecule has 1 atom stereocenters. The lowest BCUT2D eigenvalue weighted by molar-refractivity contribution is -0.832. The molecule has 5 nitrogen and oxygen atoms in total. The van der Waals surface area contributed by atoms with E-state index in [1.54, 1.807) is 0 Å². The van der Waals surface area contributed by atoms with Crippen LogP contribution in [0.25, 0.3) is 0 Å². The van der Waals surface area contributed by atoms with Gasteiger partial charge in [-0.25, -0.2) is 0 Å². The maximum Gasteiger partial charge on any atom is 0.285 e. The molecule has 0 bridgehead atoms. The first kappa shape index (κ1) is 13.2. The van der Waals surface area contributed by atoms with Gasteiger partial charge in [-0.2, -0.15) is 0 Å². The molecule has 16 heavy (non-hydrogen) atoms. The molecule has 92 valence electrons. The SMILES string of the molecule is CCCCS(=O)c1c(C(C)(C)C)no[n+]1[O-]. The first-order chi connectivity index (χ1) is 7.38. The fourth-order valence-electron chi connectivity index (χ4n) is 1.26. The smallest absolute Gasteiger partial charge is 0.285 e. The number of hydrogen-bond donors (Lipinski definition) is 0. The molecular formula is C10H18N2O3S. The van der Waals surface area contributed by atoms with Crippen LogP contribution in [0.1, 0.15) is 46.2 Å². The molecule has 0 N–H and O–H groups in total. The highest BCUT2D eigenvalue weighted by Gasteiger charge is 2.33. The van der Waals surface area contributed by atoms with E-state index < -0.39 is 10.8 Å². The van der Waals surface area contributed by atoms with Gasteiger partial charge in [0.15, 0.2) is 0 Å². The zero-order valence-electron chi connectivity index (χ0n) is 10.1. The first-order valence-electron chi connectivity index (χ1n) is 5.36. The minimum absolute atomic E-state index is 0.168. The average molecular weight is 246 g/mol. The molecule has 1 aromatic rings. The summed E-state index contributed by atoms with van der Waals surface area (Å²) in [5, 5.41) is 15.3. The molecule has 0 aliphatic heterocycles. The summed E-state index contributed by atoms with van der Waals surface area (Å²) in [6, 6.07) is 0. The van der Waals surface area contributed by atoms with Crippen LogP contribution in [0.3, 0.4) is 0 Å². The number of nitrogens with zero attached hydrogens (tertiary/aromatic N) is 2. The third kappa shape index (κ3) is 2.81. The van der Waals surface area contributed by atoms with Gasteiger partial charge in [0.1, 0.15) is 10.8 Å². The van der Waals surface area contributed by atoms with Gasteiger partial charge in [-0.05, 0) is 11.3 Å². The third-order valence-corrected chi connectivity index (χ3v) is 3.62. The Morgan fingerprint density at radius 3 is 2.62 bits per heavy atom. The Balaban J connectivity index is 3.02. The molecule has 1 aromatic heterocycles. The van der Waals surface area contributed by atoms with Crippen molar-refractivity contribution in [2.24, 2.45) is 0 Å². The van der Waals surface area contributed by atoms with E-state index in [2.05, 4.69) is 9.79 Å². The van der Waals surface area contributed by atoms with E-state index in [1.165, 1.54) is 0 Å². The van der Waals surface area contributed by atoms with Crippen molar-refractivity contribution in [3.05, 3.63) is 10.9 Å². The summed E-state index contributed by atoms with van der Waals surface area (Å²) in [6.45, 7) is 7.74. The molecule has 0 saturated carbocycles. The molecule has 0 fully saturated rings. The molecule has 0 aliphatic rings. The summed E-state index contributed by atoms with van der Waals surface area (Å²) >= 11 is 0. The summed E-state index contributed by atoms with van der Waals surface area (Å²) in [5.41, 5.74) is 0.146. The molecule has 1 heterocycles. The zero-order chi connectivity index (χ0) is 12.3. The van der Waals surface area contributed by atoms with Gasteiger partial charge in [0.05, 0.1) is 0 Å². The Kier molecular flexibility index (Phi) is 4.07. The molecule has 0 saturated heterocycles. The number of hydrogen-bond acceptors (Lipinski definition) is 4. The van der Waals surface area contributed by atoms with Crippen molar-refractivity contribution in [3.63, 3.8) is 0 Å². The normalized spacial score (nSPS) is 14.0. The second-order valence-electron chi connectivity index (χ2n) is 4.74. The highest BCUT2D eigenvalue weighted by Crippen LogP contribution is 2.24. The summed E-state index contributed by atoms with van der Waals surface area (Å²) in [7, 11) is -1.33. The lowest BCUT2D eigenvalue weighted by Gasteiger charge is -2.11. The lowest BCUT2D eigenvalue weighted by Crippen LogP contribution is -2.31. The summed E-state index contributed by atoms with van der Waals surface area (Å²) in [6.07, 6.45) is 1.77. The monoisotopic (exact) mass is 246 g/mol. The Labute approximate surface area is 97.8 Å². The van der Waals surface area contributed by atoms with Crippen molar-refractivity contribution >= 4 is 10.8 Å². The van der Waals surface area contributed by atoms with Crippen LogP contribution >= 0.6 is 0 Å². The predicted molar refractivity (Wildman–Crippen MR) is 60.3 cm³/mol. The molecule has 6 heteroatoms. The van der Waals surface area contributed by atoms with Crippen LogP contribution in [-0.4, -0.2) is 15.1 Å². The summed E-state index contributed by atoms with van der Waals surface area (Å²) < 4.78 is 16.5. The molecule has 1 rings (SSSR count). The lowest BCUT2D eigenvalue weighted by atomic mass is 9.93. The fourth-order valence-corrected chi connectivity index (χ4v) is 2.76. The van der Waals surface area contributed by atoms with Crippen molar-refractivity contribution < 1.29 is 13.7 Å². The highest BCUT2D eigenvalue weighted by atomic mass is 32.2. The van der Waals surface area contributed by atoms with Gasteiger partial charge >= 0.3 is 0 Å². The van der Waals surface area contributed by atoms with E-state index in [1.807, 2.05) is 27.7 Å². The van der Waals surface area contributed by atoms with Gasteiger partial charge in [0.2, 0.25) is 5.69 Å².